The maximum absolute atomic E-state index is 12.4. The lowest BCUT2D eigenvalue weighted by atomic mass is 10.1. The van der Waals surface area contributed by atoms with Crippen LogP contribution >= 0.6 is 0 Å². The van der Waals surface area contributed by atoms with Crippen LogP contribution < -0.4 is 0 Å². The predicted octanol–water partition coefficient (Wildman–Crippen LogP) is 1.31. The lowest BCUT2D eigenvalue weighted by Gasteiger charge is -2.25. The van der Waals surface area contributed by atoms with Crippen LogP contribution in [0.1, 0.15) is 36.2 Å². The van der Waals surface area contributed by atoms with Gasteiger partial charge in [-0.1, -0.05) is 12.1 Å². The summed E-state index contributed by atoms with van der Waals surface area (Å²) in [5.41, 5.74) is 0.659. The maximum atomic E-state index is 12.4. The van der Waals surface area contributed by atoms with Gasteiger partial charge in [0, 0.05) is 19.2 Å². The molecule has 0 fully saturated rings. The Bertz CT molecular complexity index is 566. The molecule has 6 nitrogen and oxygen atoms in total. The highest BCUT2D eigenvalue weighted by Crippen LogP contribution is 2.15. The van der Waals surface area contributed by atoms with E-state index in [-0.39, 0.29) is 30.5 Å². The third kappa shape index (κ3) is 5.11. The number of hydrogen-bond acceptors (Lipinski definition) is 4. The zero-order valence-electron chi connectivity index (χ0n) is 12.2. The van der Waals surface area contributed by atoms with Gasteiger partial charge in [-0.15, -0.1) is 0 Å². The third-order valence-corrected chi connectivity index (χ3v) is 5.04. The molecule has 0 amide bonds. The van der Waals surface area contributed by atoms with Crippen LogP contribution in [-0.2, 0) is 15.8 Å². The number of nitrogens with zero attached hydrogens (tertiary/aromatic N) is 1. The summed E-state index contributed by atoms with van der Waals surface area (Å²) in [5, 5.41) is 17.7. The number of aliphatic hydroxyl groups excluding tert-OH is 1. The molecule has 0 saturated heterocycles. The van der Waals surface area contributed by atoms with Crippen molar-refractivity contribution in [3.8, 4) is 0 Å². The highest BCUT2D eigenvalue weighted by atomic mass is 32.2. The predicted molar refractivity (Wildman–Crippen MR) is 79.6 cm³/mol. The minimum Gasteiger partial charge on any atom is -0.478 e. The normalized spacial score (nSPS) is 12.0. The Hall–Kier alpha value is -1.44. The molecule has 1 aromatic carbocycles. The minimum atomic E-state index is -3.51. The second kappa shape index (κ2) is 7.53. The Morgan fingerprint density at radius 1 is 1.24 bits per heavy atom. The van der Waals surface area contributed by atoms with Crippen LogP contribution in [-0.4, -0.2) is 48.1 Å². The Balaban J connectivity index is 2.89. The Kier molecular flexibility index (Phi) is 6.32. The number of aromatic carboxylic acids is 1. The molecule has 0 aliphatic carbocycles. The smallest absolute Gasteiger partial charge is 0.335 e. The third-order valence-electron chi connectivity index (χ3n) is 3.02. The summed E-state index contributed by atoms with van der Waals surface area (Å²) in [4.78, 5) is 10.8. The van der Waals surface area contributed by atoms with Crippen LogP contribution in [0.4, 0.5) is 0 Å². The Morgan fingerprint density at radius 3 is 2.24 bits per heavy atom. The number of rotatable bonds is 8. The molecule has 0 bridgehead atoms. The number of sulfonamides is 1. The highest BCUT2D eigenvalue weighted by molar-refractivity contribution is 7.88. The summed E-state index contributed by atoms with van der Waals surface area (Å²) in [7, 11) is -3.51. The fourth-order valence-corrected chi connectivity index (χ4v) is 3.81. The summed E-state index contributed by atoms with van der Waals surface area (Å²) in [6.45, 7) is 3.76. The minimum absolute atomic E-state index is 0.0634. The first-order chi connectivity index (χ1) is 9.77. The summed E-state index contributed by atoms with van der Waals surface area (Å²) >= 11 is 0. The number of carboxylic acids is 1. The van der Waals surface area contributed by atoms with E-state index in [0.29, 0.717) is 12.0 Å². The fourth-order valence-electron chi connectivity index (χ4n) is 1.98. The Labute approximate surface area is 125 Å². The van der Waals surface area contributed by atoms with Crippen LogP contribution in [0.15, 0.2) is 24.3 Å². The van der Waals surface area contributed by atoms with E-state index >= 15 is 0 Å². The second-order valence-electron chi connectivity index (χ2n) is 5.04. The van der Waals surface area contributed by atoms with Crippen molar-refractivity contribution in [3.63, 3.8) is 0 Å². The van der Waals surface area contributed by atoms with Gasteiger partial charge >= 0.3 is 5.97 Å². The van der Waals surface area contributed by atoms with Gasteiger partial charge < -0.3 is 10.2 Å². The van der Waals surface area contributed by atoms with Crippen molar-refractivity contribution in [1.29, 1.82) is 0 Å². The molecule has 0 aromatic heterocycles. The molecule has 0 radical (unpaired) electrons. The molecule has 1 rings (SSSR count). The first kappa shape index (κ1) is 17.6. The Morgan fingerprint density at radius 2 is 1.81 bits per heavy atom. The average Bonchev–Trinajstić information content (AvgIpc) is 2.38. The van der Waals surface area contributed by atoms with Crippen molar-refractivity contribution >= 4 is 16.0 Å². The number of carboxylic acid groups (broad SMARTS) is 1. The largest absolute Gasteiger partial charge is 0.478 e. The van der Waals surface area contributed by atoms with Crippen molar-refractivity contribution in [2.75, 3.05) is 13.2 Å². The van der Waals surface area contributed by atoms with Crippen molar-refractivity contribution in [2.24, 2.45) is 0 Å². The van der Waals surface area contributed by atoms with E-state index in [4.69, 9.17) is 10.2 Å². The molecule has 0 heterocycles. The molecule has 0 atom stereocenters. The van der Waals surface area contributed by atoms with Gasteiger partial charge in [-0.3, -0.25) is 0 Å². The summed E-state index contributed by atoms with van der Waals surface area (Å²) in [6, 6.07) is 5.60. The van der Waals surface area contributed by atoms with Crippen molar-refractivity contribution in [1.82, 2.24) is 4.31 Å². The van der Waals surface area contributed by atoms with Gasteiger partial charge in [0.05, 0.1) is 11.3 Å². The lowest BCUT2D eigenvalue weighted by Crippen LogP contribution is -2.38. The summed E-state index contributed by atoms with van der Waals surface area (Å²) in [5.74, 6) is -1.23. The molecule has 2 N–H and O–H groups in total. The average molecular weight is 315 g/mol. The number of carbonyl (C=O) groups is 1. The molecule has 1 aromatic rings. The number of aliphatic hydroxyl groups is 1. The standard InChI is InChI=1S/C14H21NO5S/c1-11(2)15(8-3-9-16)21(19,20)10-12-4-6-13(7-5-12)14(17)18/h4-7,11,16H,3,8-10H2,1-2H3,(H,17,18). The first-order valence-corrected chi connectivity index (χ1v) is 8.31. The van der Waals surface area contributed by atoms with Crippen LogP contribution in [0.25, 0.3) is 0 Å². The van der Waals surface area contributed by atoms with Crippen LogP contribution in [0.2, 0.25) is 0 Å². The van der Waals surface area contributed by atoms with Crippen LogP contribution in [0, 0.1) is 0 Å². The van der Waals surface area contributed by atoms with E-state index in [9.17, 15) is 13.2 Å². The topological polar surface area (TPSA) is 94.9 Å². The first-order valence-electron chi connectivity index (χ1n) is 6.70. The molecular weight excluding hydrogens is 294 g/mol. The molecule has 0 aliphatic heterocycles. The van der Waals surface area contributed by atoms with E-state index in [2.05, 4.69) is 0 Å². The number of hydrogen-bond donors (Lipinski definition) is 2. The maximum Gasteiger partial charge on any atom is 0.335 e. The van der Waals surface area contributed by atoms with Gasteiger partial charge in [-0.25, -0.2) is 13.2 Å². The summed E-state index contributed by atoms with van der Waals surface area (Å²) in [6.07, 6.45) is 0.384. The van der Waals surface area contributed by atoms with E-state index in [1.54, 1.807) is 13.8 Å². The van der Waals surface area contributed by atoms with Crippen molar-refractivity contribution in [2.45, 2.75) is 32.1 Å². The fraction of sp³-hybridized carbons (Fsp3) is 0.500. The zero-order valence-corrected chi connectivity index (χ0v) is 13.0. The van der Waals surface area contributed by atoms with E-state index in [0.717, 1.165) is 0 Å². The van der Waals surface area contributed by atoms with Crippen molar-refractivity contribution < 1.29 is 23.4 Å². The SMILES string of the molecule is CC(C)N(CCCO)S(=O)(=O)Cc1ccc(C(=O)O)cc1. The van der Waals surface area contributed by atoms with Gasteiger partial charge in [0.1, 0.15) is 0 Å². The number of benzene rings is 1. The highest BCUT2D eigenvalue weighted by Gasteiger charge is 2.24. The molecule has 21 heavy (non-hydrogen) atoms. The molecule has 118 valence electrons. The zero-order chi connectivity index (χ0) is 16.0. The van der Waals surface area contributed by atoms with Gasteiger partial charge in [0.15, 0.2) is 0 Å². The molecule has 0 saturated carbocycles. The lowest BCUT2D eigenvalue weighted by molar-refractivity contribution is 0.0697. The quantitative estimate of drug-likeness (QED) is 0.754. The van der Waals surface area contributed by atoms with Gasteiger partial charge in [0.25, 0.3) is 0 Å². The second-order valence-corrected chi connectivity index (χ2v) is 6.96. The molecule has 7 heteroatoms. The monoisotopic (exact) mass is 315 g/mol. The molecule has 0 aliphatic rings. The van der Waals surface area contributed by atoms with E-state index < -0.39 is 16.0 Å². The van der Waals surface area contributed by atoms with Gasteiger partial charge in [-0.05, 0) is 38.0 Å². The van der Waals surface area contributed by atoms with Crippen molar-refractivity contribution in [3.05, 3.63) is 35.4 Å². The molecule has 0 unspecified atom stereocenters. The van der Waals surface area contributed by atoms with E-state index in [1.165, 1.54) is 28.6 Å². The molecule has 0 spiro atoms. The van der Waals surface area contributed by atoms with Gasteiger partial charge in [0.2, 0.25) is 10.0 Å². The summed E-state index contributed by atoms with van der Waals surface area (Å²) < 4.78 is 26.1. The van der Waals surface area contributed by atoms with Crippen LogP contribution in [0.3, 0.4) is 0 Å². The molecular formula is C14H21NO5S. The van der Waals surface area contributed by atoms with Crippen LogP contribution in [0.5, 0.6) is 0 Å². The van der Waals surface area contributed by atoms with E-state index in [1.807, 2.05) is 0 Å². The van der Waals surface area contributed by atoms with Gasteiger partial charge in [-0.2, -0.15) is 4.31 Å².